The smallest absolute Gasteiger partial charge is 0.408 e. The molecule has 0 aliphatic heterocycles. The molecular weight excluding hydrogens is 630 g/mol. The van der Waals surface area contributed by atoms with Crippen LogP contribution in [0.25, 0.3) is 0 Å². The molecule has 0 saturated heterocycles. The van der Waals surface area contributed by atoms with Gasteiger partial charge < -0.3 is 41.5 Å². The molecule has 0 aliphatic rings. The predicted octanol–water partition coefficient (Wildman–Crippen LogP) is 1.95. The molecule has 0 bridgehead atoms. The highest BCUT2D eigenvalue weighted by atomic mass is 16.5. The second kappa shape index (κ2) is 21.5. The lowest BCUT2D eigenvalue weighted by molar-refractivity contribution is -0.131. The van der Waals surface area contributed by atoms with Gasteiger partial charge in [0.15, 0.2) is 0 Å². The number of amides is 5. The summed E-state index contributed by atoms with van der Waals surface area (Å²) in [5.74, 6) is -2.47. The molecule has 0 spiro atoms. The first-order valence-corrected chi connectivity index (χ1v) is 16.8. The summed E-state index contributed by atoms with van der Waals surface area (Å²) in [6.07, 6.45) is 0.575. The van der Waals surface area contributed by atoms with E-state index in [0.717, 1.165) is 11.1 Å². The van der Waals surface area contributed by atoms with Gasteiger partial charge in [-0.1, -0.05) is 81.4 Å². The molecule has 5 amide bonds. The number of ether oxygens (including phenoxy) is 1. The highest BCUT2D eigenvalue weighted by Gasteiger charge is 2.29. The molecule has 2 aromatic carbocycles. The first kappa shape index (κ1) is 40.7. The van der Waals surface area contributed by atoms with Crippen molar-refractivity contribution in [2.75, 3.05) is 13.2 Å². The van der Waals surface area contributed by atoms with Crippen LogP contribution in [0.2, 0.25) is 0 Å². The van der Waals surface area contributed by atoms with Gasteiger partial charge >= 0.3 is 6.09 Å². The summed E-state index contributed by atoms with van der Waals surface area (Å²) < 4.78 is 5.17. The summed E-state index contributed by atoms with van der Waals surface area (Å²) >= 11 is 0. The molecule has 0 saturated carbocycles. The fraction of sp³-hybridized carbons (Fsp3) is 0.528. The standard InChI is InChI=1S/C36H53N5O8/c1-23(2)30(21-43)40-35(47)32(24(3)20-42)41-31(44)18-12-17-29(19-27-13-8-6-9-14-27)39-34(46)25(4)37-33(45)26(5)38-36(48)49-22-28-15-10-7-11-16-28/h6-11,13-16,23-26,29-30,32,42-43H,12,17-22H2,1-5H3,(H,37,45)(H,38,48)(H,39,46)(H,40,47)(H,41,44)/t24?,25-,26-,29?,30+,32-/m0/s1. The maximum absolute atomic E-state index is 13.2. The third-order valence-electron chi connectivity index (χ3n) is 8.11. The van der Waals surface area contributed by atoms with E-state index < -0.39 is 53.9 Å². The highest BCUT2D eigenvalue weighted by Crippen LogP contribution is 2.12. The van der Waals surface area contributed by atoms with Gasteiger partial charge in [0.2, 0.25) is 23.6 Å². The molecule has 2 rings (SSSR count). The molecule has 2 aromatic rings. The van der Waals surface area contributed by atoms with E-state index in [1.165, 1.54) is 13.8 Å². The molecule has 0 radical (unpaired) electrons. The monoisotopic (exact) mass is 683 g/mol. The van der Waals surface area contributed by atoms with E-state index >= 15 is 0 Å². The quantitative estimate of drug-likeness (QED) is 0.110. The van der Waals surface area contributed by atoms with Gasteiger partial charge in [0.05, 0.1) is 12.6 Å². The molecule has 7 N–H and O–H groups in total. The molecule has 6 atom stereocenters. The van der Waals surface area contributed by atoms with Crippen molar-refractivity contribution in [1.29, 1.82) is 0 Å². The minimum atomic E-state index is -0.989. The lowest BCUT2D eigenvalue weighted by atomic mass is 9.98. The van der Waals surface area contributed by atoms with Crippen LogP contribution in [0, 0.1) is 11.8 Å². The number of benzene rings is 2. The zero-order valence-corrected chi connectivity index (χ0v) is 29.1. The Morgan fingerprint density at radius 1 is 0.673 bits per heavy atom. The molecule has 13 heteroatoms. The van der Waals surface area contributed by atoms with Crippen LogP contribution in [-0.2, 0) is 36.9 Å². The zero-order chi connectivity index (χ0) is 36.3. The second-order valence-electron chi connectivity index (χ2n) is 12.7. The van der Waals surface area contributed by atoms with Gasteiger partial charge in [-0.15, -0.1) is 0 Å². The number of hydrogen-bond acceptors (Lipinski definition) is 8. The van der Waals surface area contributed by atoms with E-state index in [9.17, 15) is 34.2 Å². The zero-order valence-electron chi connectivity index (χ0n) is 29.1. The highest BCUT2D eigenvalue weighted by molar-refractivity contribution is 5.91. The van der Waals surface area contributed by atoms with Crippen LogP contribution in [0.1, 0.15) is 65.0 Å². The molecule has 0 fully saturated rings. The lowest BCUT2D eigenvalue weighted by Gasteiger charge is -2.27. The summed E-state index contributed by atoms with van der Waals surface area (Å²) in [5.41, 5.74) is 1.77. The number of carbonyl (C=O) groups excluding carboxylic acids is 5. The second-order valence-corrected chi connectivity index (χ2v) is 12.7. The maximum Gasteiger partial charge on any atom is 0.408 e. The fourth-order valence-electron chi connectivity index (χ4n) is 4.88. The molecule has 270 valence electrons. The van der Waals surface area contributed by atoms with Crippen LogP contribution in [0.4, 0.5) is 4.79 Å². The summed E-state index contributed by atoms with van der Waals surface area (Å²) in [5, 5.41) is 32.8. The van der Waals surface area contributed by atoms with Crippen LogP contribution in [0.15, 0.2) is 60.7 Å². The Morgan fingerprint density at radius 2 is 1.24 bits per heavy atom. The van der Waals surface area contributed by atoms with Gasteiger partial charge in [-0.05, 0) is 50.2 Å². The molecule has 0 heterocycles. The molecule has 0 aromatic heterocycles. The Balaban J connectivity index is 1.94. The Labute approximate surface area is 289 Å². The Bertz CT molecular complexity index is 1330. The van der Waals surface area contributed by atoms with Crippen molar-refractivity contribution in [3.05, 3.63) is 71.8 Å². The van der Waals surface area contributed by atoms with Crippen molar-refractivity contribution in [2.24, 2.45) is 11.8 Å². The Hall–Kier alpha value is -4.49. The van der Waals surface area contributed by atoms with E-state index in [-0.39, 0.29) is 44.1 Å². The van der Waals surface area contributed by atoms with Crippen LogP contribution >= 0.6 is 0 Å². The first-order valence-electron chi connectivity index (χ1n) is 16.8. The van der Waals surface area contributed by atoms with Crippen molar-refractivity contribution in [3.63, 3.8) is 0 Å². The topological polar surface area (TPSA) is 195 Å². The van der Waals surface area contributed by atoms with Gasteiger partial charge in [-0.2, -0.15) is 0 Å². The number of rotatable bonds is 20. The van der Waals surface area contributed by atoms with E-state index in [4.69, 9.17) is 4.74 Å². The van der Waals surface area contributed by atoms with Gasteiger partial charge in [0, 0.05) is 25.0 Å². The van der Waals surface area contributed by atoms with E-state index in [1.54, 1.807) is 6.92 Å². The van der Waals surface area contributed by atoms with Crippen molar-refractivity contribution in [1.82, 2.24) is 26.6 Å². The summed E-state index contributed by atoms with van der Waals surface area (Å²) in [7, 11) is 0. The summed E-state index contributed by atoms with van der Waals surface area (Å²) in [6, 6.07) is 14.9. The number of nitrogens with one attached hydrogen (secondary N) is 5. The third kappa shape index (κ3) is 15.1. The Morgan fingerprint density at radius 3 is 1.82 bits per heavy atom. The molecule has 13 nitrogen and oxygen atoms in total. The van der Waals surface area contributed by atoms with E-state index in [1.807, 2.05) is 74.5 Å². The van der Waals surface area contributed by atoms with Crippen LogP contribution in [-0.4, -0.2) is 83.4 Å². The number of aliphatic hydroxyl groups excluding tert-OH is 2. The van der Waals surface area contributed by atoms with Gasteiger partial charge in [-0.25, -0.2) is 4.79 Å². The molecular formula is C36H53N5O8. The molecule has 2 unspecified atom stereocenters. The van der Waals surface area contributed by atoms with Crippen molar-refractivity contribution < 1.29 is 38.9 Å². The van der Waals surface area contributed by atoms with Crippen LogP contribution in [0.3, 0.4) is 0 Å². The lowest BCUT2D eigenvalue weighted by Crippen LogP contribution is -2.55. The fourth-order valence-corrected chi connectivity index (χ4v) is 4.88. The van der Waals surface area contributed by atoms with E-state index in [0.29, 0.717) is 19.3 Å². The largest absolute Gasteiger partial charge is 0.445 e. The summed E-state index contributed by atoms with van der Waals surface area (Å²) in [6.45, 7) is 7.85. The van der Waals surface area contributed by atoms with Gasteiger partial charge in [-0.3, -0.25) is 19.2 Å². The minimum absolute atomic E-state index is 0.0310. The summed E-state index contributed by atoms with van der Waals surface area (Å²) in [4.78, 5) is 63.9. The van der Waals surface area contributed by atoms with Crippen molar-refractivity contribution in [3.8, 4) is 0 Å². The van der Waals surface area contributed by atoms with E-state index in [2.05, 4.69) is 26.6 Å². The Kier molecular flexibility index (Phi) is 17.8. The number of carbonyl (C=O) groups is 5. The minimum Gasteiger partial charge on any atom is -0.445 e. The van der Waals surface area contributed by atoms with Crippen LogP contribution in [0.5, 0.6) is 0 Å². The SMILES string of the molecule is CC(CO)[C@H](NC(=O)CCCC(Cc1ccccc1)NC(=O)[C@H](C)NC(=O)[C@H](C)NC(=O)OCc1ccccc1)C(=O)N[C@H](CO)C(C)C. The average Bonchev–Trinajstić information content (AvgIpc) is 3.08. The number of alkyl carbamates (subject to hydrolysis) is 1. The van der Waals surface area contributed by atoms with Gasteiger partial charge in [0.1, 0.15) is 24.7 Å². The maximum atomic E-state index is 13.2. The number of aliphatic hydroxyl groups is 2. The van der Waals surface area contributed by atoms with Crippen molar-refractivity contribution in [2.45, 2.75) is 97.1 Å². The first-order chi connectivity index (χ1) is 23.3. The number of hydrogen-bond donors (Lipinski definition) is 7. The van der Waals surface area contributed by atoms with Crippen LogP contribution < -0.4 is 26.6 Å². The normalized spacial score (nSPS) is 14.7. The predicted molar refractivity (Wildman–Crippen MR) is 185 cm³/mol. The molecule has 49 heavy (non-hydrogen) atoms. The average molecular weight is 684 g/mol. The van der Waals surface area contributed by atoms with Gasteiger partial charge in [0.25, 0.3) is 0 Å². The molecule has 0 aliphatic carbocycles. The van der Waals surface area contributed by atoms with Crippen molar-refractivity contribution >= 4 is 29.7 Å². The third-order valence-corrected chi connectivity index (χ3v) is 8.11.